The number of hydrogen-bond acceptors (Lipinski definition) is 5. The molecule has 0 saturated carbocycles. The van der Waals surface area contributed by atoms with Crippen molar-refractivity contribution in [1.29, 1.82) is 0 Å². The molecule has 1 atom stereocenters. The van der Waals surface area contributed by atoms with E-state index in [0.29, 0.717) is 25.0 Å². The first-order valence-electron chi connectivity index (χ1n) is 9.28. The maximum Gasteiger partial charge on any atom is 0.238 e. The standard InChI is InChI=1S/C18H30N4O4S/c1-2-20-18(21-8-4-9-25-13-16-7-10-26-14-16)22-12-15-5-3-6-17(11-15)27(19,23)24/h3,5-6,11,16H,2,4,7-10,12-14H2,1H3,(H2,19,23,24)(H2,20,21,22). The number of ether oxygens (including phenoxy) is 2. The maximum atomic E-state index is 11.4. The highest BCUT2D eigenvalue weighted by Crippen LogP contribution is 2.12. The van der Waals surface area contributed by atoms with Gasteiger partial charge in [0.25, 0.3) is 0 Å². The fourth-order valence-electron chi connectivity index (χ4n) is 2.68. The predicted octanol–water partition coefficient (Wildman–Crippen LogP) is 0.832. The fourth-order valence-corrected chi connectivity index (χ4v) is 3.26. The van der Waals surface area contributed by atoms with Crippen molar-refractivity contribution in [3.8, 4) is 0 Å². The summed E-state index contributed by atoms with van der Waals surface area (Å²) in [5.41, 5.74) is 0.779. The van der Waals surface area contributed by atoms with Gasteiger partial charge in [0.1, 0.15) is 0 Å². The van der Waals surface area contributed by atoms with Crippen LogP contribution in [0.4, 0.5) is 0 Å². The number of sulfonamides is 1. The third-order valence-electron chi connectivity index (χ3n) is 4.13. The smallest absolute Gasteiger partial charge is 0.238 e. The molecular formula is C18H30N4O4S. The Bertz CT molecular complexity index is 703. The Labute approximate surface area is 161 Å². The van der Waals surface area contributed by atoms with Gasteiger partial charge >= 0.3 is 0 Å². The van der Waals surface area contributed by atoms with Crippen LogP contribution in [0.3, 0.4) is 0 Å². The van der Waals surface area contributed by atoms with Crippen LogP contribution in [0.5, 0.6) is 0 Å². The zero-order valence-electron chi connectivity index (χ0n) is 15.8. The molecule has 0 spiro atoms. The summed E-state index contributed by atoms with van der Waals surface area (Å²) in [6.07, 6.45) is 1.96. The molecule has 1 aliphatic heterocycles. The Balaban J connectivity index is 1.74. The molecule has 1 unspecified atom stereocenters. The molecule has 0 bridgehead atoms. The first-order valence-corrected chi connectivity index (χ1v) is 10.8. The number of nitrogens with zero attached hydrogens (tertiary/aromatic N) is 1. The van der Waals surface area contributed by atoms with Crippen molar-refractivity contribution in [2.24, 2.45) is 16.0 Å². The summed E-state index contributed by atoms with van der Waals surface area (Å²) in [6.45, 7) is 6.93. The molecule has 1 fully saturated rings. The van der Waals surface area contributed by atoms with E-state index in [1.165, 1.54) is 6.07 Å². The summed E-state index contributed by atoms with van der Waals surface area (Å²) in [6, 6.07) is 6.51. The Morgan fingerprint density at radius 2 is 2.26 bits per heavy atom. The van der Waals surface area contributed by atoms with Crippen molar-refractivity contribution in [3.63, 3.8) is 0 Å². The molecule has 1 heterocycles. The summed E-state index contributed by atoms with van der Waals surface area (Å²) in [5.74, 6) is 1.22. The molecule has 152 valence electrons. The normalized spacial score (nSPS) is 17.9. The Morgan fingerprint density at radius 3 is 2.96 bits per heavy atom. The van der Waals surface area contributed by atoms with Gasteiger partial charge in [-0.3, -0.25) is 0 Å². The molecule has 0 aliphatic carbocycles. The molecule has 4 N–H and O–H groups in total. The van der Waals surface area contributed by atoms with Crippen LogP contribution in [-0.2, 0) is 26.0 Å². The second kappa shape index (κ2) is 11.2. The van der Waals surface area contributed by atoms with Crippen LogP contribution in [0.25, 0.3) is 0 Å². The average molecular weight is 399 g/mol. The topological polar surface area (TPSA) is 115 Å². The summed E-state index contributed by atoms with van der Waals surface area (Å²) in [7, 11) is -3.70. The van der Waals surface area contributed by atoms with E-state index < -0.39 is 10.0 Å². The van der Waals surface area contributed by atoms with E-state index in [0.717, 1.165) is 51.3 Å². The molecule has 2 rings (SSSR count). The lowest BCUT2D eigenvalue weighted by Crippen LogP contribution is -2.38. The third-order valence-corrected chi connectivity index (χ3v) is 5.04. The lowest BCUT2D eigenvalue weighted by Gasteiger charge is -2.12. The number of aliphatic imine (C=N–C) groups is 1. The van der Waals surface area contributed by atoms with E-state index in [1.54, 1.807) is 12.1 Å². The number of rotatable bonds is 10. The number of guanidine groups is 1. The third kappa shape index (κ3) is 8.25. The highest BCUT2D eigenvalue weighted by Gasteiger charge is 2.15. The number of primary sulfonamides is 1. The van der Waals surface area contributed by atoms with Gasteiger partial charge in [0.2, 0.25) is 10.0 Å². The van der Waals surface area contributed by atoms with Gasteiger partial charge in [-0.1, -0.05) is 12.1 Å². The number of nitrogens with two attached hydrogens (primary N) is 1. The Hall–Kier alpha value is -1.68. The molecule has 1 aliphatic rings. The van der Waals surface area contributed by atoms with E-state index in [2.05, 4.69) is 15.6 Å². The number of nitrogens with one attached hydrogen (secondary N) is 2. The van der Waals surface area contributed by atoms with Gasteiger partial charge in [0.15, 0.2) is 5.96 Å². The van der Waals surface area contributed by atoms with Gasteiger partial charge in [-0.2, -0.15) is 0 Å². The lowest BCUT2D eigenvalue weighted by molar-refractivity contribution is 0.0888. The molecule has 0 radical (unpaired) electrons. The number of hydrogen-bond donors (Lipinski definition) is 3. The van der Waals surface area contributed by atoms with Crippen LogP contribution < -0.4 is 15.8 Å². The minimum absolute atomic E-state index is 0.0953. The largest absolute Gasteiger partial charge is 0.381 e. The van der Waals surface area contributed by atoms with Crippen molar-refractivity contribution in [3.05, 3.63) is 29.8 Å². The van der Waals surface area contributed by atoms with Crippen molar-refractivity contribution in [1.82, 2.24) is 10.6 Å². The summed E-state index contributed by atoms with van der Waals surface area (Å²) in [5, 5.41) is 11.6. The zero-order valence-corrected chi connectivity index (χ0v) is 16.6. The molecule has 0 amide bonds. The van der Waals surface area contributed by atoms with Crippen molar-refractivity contribution >= 4 is 16.0 Å². The van der Waals surface area contributed by atoms with Gasteiger partial charge in [0, 0.05) is 32.2 Å². The summed E-state index contributed by atoms with van der Waals surface area (Å²) in [4.78, 5) is 4.58. The fraction of sp³-hybridized carbons (Fsp3) is 0.611. The van der Waals surface area contributed by atoms with Gasteiger partial charge < -0.3 is 20.1 Å². The van der Waals surface area contributed by atoms with Gasteiger partial charge in [-0.25, -0.2) is 18.5 Å². The Kier molecular flexibility index (Phi) is 8.99. The molecular weight excluding hydrogens is 368 g/mol. The van der Waals surface area contributed by atoms with E-state index in [-0.39, 0.29) is 4.90 Å². The van der Waals surface area contributed by atoms with Crippen molar-refractivity contribution < 1.29 is 17.9 Å². The lowest BCUT2D eigenvalue weighted by atomic mass is 10.1. The van der Waals surface area contributed by atoms with Crippen molar-refractivity contribution in [2.45, 2.75) is 31.2 Å². The highest BCUT2D eigenvalue weighted by atomic mass is 32.2. The molecule has 0 aromatic heterocycles. The van der Waals surface area contributed by atoms with Gasteiger partial charge in [-0.05, 0) is 37.5 Å². The molecule has 27 heavy (non-hydrogen) atoms. The van der Waals surface area contributed by atoms with Crippen LogP contribution in [0.1, 0.15) is 25.3 Å². The quantitative estimate of drug-likeness (QED) is 0.306. The molecule has 1 aromatic carbocycles. The summed E-state index contributed by atoms with van der Waals surface area (Å²) >= 11 is 0. The molecule has 1 aromatic rings. The predicted molar refractivity (Wildman–Crippen MR) is 105 cm³/mol. The number of benzene rings is 1. The van der Waals surface area contributed by atoms with E-state index in [4.69, 9.17) is 14.6 Å². The summed E-state index contributed by atoms with van der Waals surface area (Å²) < 4.78 is 33.9. The minimum Gasteiger partial charge on any atom is -0.381 e. The average Bonchev–Trinajstić information content (AvgIpc) is 3.15. The second-order valence-electron chi connectivity index (χ2n) is 6.47. The first kappa shape index (κ1) is 21.6. The van der Waals surface area contributed by atoms with Crippen LogP contribution in [0.2, 0.25) is 0 Å². The Morgan fingerprint density at radius 1 is 1.41 bits per heavy atom. The SMILES string of the molecule is CCNC(=NCc1cccc(S(N)(=O)=O)c1)NCCCOCC1CCOC1. The van der Waals surface area contributed by atoms with Crippen LogP contribution >= 0.6 is 0 Å². The first-order chi connectivity index (χ1) is 13.0. The van der Waals surface area contributed by atoms with Crippen LogP contribution in [0.15, 0.2) is 34.2 Å². The second-order valence-corrected chi connectivity index (χ2v) is 8.03. The van der Waals surface area contributed by atoms with E-state index in [9.17, 15) is 8.42 Å². The van der Waals surface area contributed by atoms with E-state index >= 15 is 0 Å². The van der Waals surface area contributed by atoms with Crippen LogP contribution in [-0.4, -0.2) is 53.9 Å². The molecule has 9 heteroatoms. The van der Waals surface area contributed by atoms with Crippen molar-refractivity contribution in [2.75, 3.05) is 39.5 Å². The minimum atomic E-state index is -3.70. The van der Waals surface area contributed by atoms with Gasteiger partial charge in [0.05, 0.1) is 24.7 Å². The maximum absolute atomic E-state index is 11.4. The van der Waals surface area contributed by atoms with Gasteiger partial charge in [-0.15, -0.1) is 0 Å². The molecule has 1 saturated heterocycles. The molecule has 8 nitrogen and oxygen atoms in total. The zero-order chi connectivity index (χ0) is 19.5. The monoisotopic (exact) mass is 398 g/mol. The van der Waals surface area contributed by atoms with E-state index in [1.807, 2.05) is 13.0 Å². The van der Waals surface area contributed by atoms with Crippen LogP contribution in [0, 0.1) is 5.92 Å². The highest BCUT2D eigenvalue weighted by molar-refractivity contribution is 7.89.